The molecule has 30 heavy (non-hydrogen) atoms. The minimum atomic E-state index is 0.112. The number of pyridine rings is 2. The summed E-state index contributed by atoms with van der Waals surface area (Å²) in [4.78, 5) is 19.5. The Kier molecular flexibility index (Phi) is 5.47. The smallest absolute Gasteiger partial charge is 0.251 e. The number of rotatable bonds is 6. The van der Waals surface area contributed by atoms with Crippen LogP contribution in [-0.2, 0) is 17.9 Å². The van der Waals surface area contributed by atoms with Crippen LogP contribution in [0.2, 0.25) is 0 Å². The van der Waals surface area contributed by atoms with E-state index in [-0.39, 0.29) is 5.56 Å². The van der Waals surface area contributed by atoms with E-state index in [2.05, 4.69) is 28.1 Å². The van der Waals surface area contributed by atoms with Crippen molar-refractivity contribution in [3.8, 4) is 11.1 Å². The van der Waals surface area contributed by atoms with Crippen LogP contribution in [0.4, 0.5) is 0 Å². The first kappa shape index (κ1) is 19.2. The SMILES string of the molecule is O=c1cc(-c2cccnc2)cc2n1C[C@H]1C[C@@H]2CN(CCOCc2ccccc2)C1. The van der Waals surface area contributed by atoms with E-state index in [1.54, 1.807) is 12.3 Å². The fraction of sp³-hybridized carbons (Fsp3) is 0.360. The second kappa shape index (κ2) is 8.54. The molecule has 2 aliphatic heterocycles. The van der Waals surface area contributed by atoms with Gasteiger partial charge in [-0.05, 0) is 35.6 Å². The number of nitrogens with zero attached hydrogens (tertiary/aromatic N) is 3. The van der Waals surface area contributed by atoms with Crippen LogP contribution >= 0.6 is 0 Å². The monoisotopic (exact) mass is 401 g/mol. The van der Waals surface area contributed by atoms with Gasteiger partial charge in [-0.3, -0.25) is 9.78 Å². The van der Waals surface area contributed by atoms with Gasteiger partial charge in [0, 0.05) is 61.8 Å². The molecule has 4 heterocycles. The summed E-state index contributed by atoms with van der Waals surface area (Å²) in [7, 11) is 0. The molecule has 1 aromatic carbocycles. The van der Waals surface area contributed by atoms with Gasteiger partial charge in [-0.2, -0.15) is 0 Å². The van der Waals surface area contributed by atoms with E-state index in [9.17, 15) is 4.79 Å². The first-order valence-corrected chi connectivity index (χ1v) is 10.8. The third-order valence-electron chi connectivity index (χ3n) is 6.29. The molecule has 0 unspecified atom stereocenters. The number of piperidine rings is 1. The summed E-state index contributed by atoms with van der Waals surface area (Å²) < 4.78 is 7.91. The van der Waals surface area contributed by atoms with Crippen molar-refractivity contribution in [1.29, 1.82) is 0 Å². The third kappa shape index (κ3) is 4.09. The number of fused-ring (bicyclic) bond motifs is 4. The maximum Gasteiger partial charge on any atom is 0.251 e. The van der Waals surface area contributed by atoms with Gasteiger partial charge in [0.25, 0.3) is 5.56 Å². The summed E-state index contributed by atoms with van der Waals surface area (Å²) in [6.45, 7) is 5.18. The van der Waals surface area contributed by atoms with Gasteiger partial charge < -0.3 is 14.2 Å². The lowest BCUT2D eigenvalue weighted by molar-refractivity contribution is 0.0605. The van der Waals surface area contributed by atoms with Gasteiger partial charge in [0.05, 0.1) is 13.2 Å². The number of benzene rings is 1. The van der Waals surface area contributed by atoms with E-state index in [1.807, 2.05) is 41.1 Å². The van der Waals surface area contributed by atoms with Crippen LogP contribution in [-0.4, -0.2) is 40.7 Å². The fourth-order valence-corrected chi connectivity index (χ4v) is 4.90. The van der Waals surface area contributed by atoms with E-state index in [1.165, 1.54) is 11.3 Å². The van der Waals surface area contributed by atoms with E-state index in [4.69, 9.17) is 4.74 Å². The minimum absolute atomic E-state index is 0.112. The van der Waals surface area contributed by atoms with Crippen molar-refractivity contribution in [2.24, 2.45) is 5.92 Å². The van der Waals surface area contributed by atoms with Gasteiger partial charge in [0.1, 0.15) is 0 Å². The second-order valence-electron chi connectivity index (χ2n) is 8.46. The quantitative estimate of drug-likeness (QED) is 0.593. The van der Waals surface area contributed by atoms with Crippen molar-refractivity contribution in [1.82, 2.24) is 14.5 Å². The zero-order valence-corrected chi connectivity index (χ0v) is 17.1. The van der Waals surface area contributed by atoms with Crippen molar-refractivity contribution in [3.63, 3.8) is 0 Å². The van der Waals surface area contributed by atoms with Gasteiger partial charge in [0.2, 0.25) is 0 Å². The zero-order chi connectivity index (χ0) is 20.3. The maximum absolute atomic E-state index is 12.8. The molecular formula is C25H27N3O2. The number of hydrogen-bond acceptors (Lipinski definition) is 4. The minimum Gasteiger partial charge on any atom is -0.375 e. The predicted octanol–water partition coefficient (Wildman–Crippen LogP) is 3.55. The number of hydrogen-bond donors (Lipinski definition) is 0. The number of ether oxygens (including phenoxy) is 1. The molecule has 154 valence electrons. The van der Waals surface area contributed by atoms with Crippen molar-refractivity contribution >= 4 is 0 Å². The Balaban J connectivity index is 1.27. The standard InChI is InChI=1S/C25H27N3O2/c29-25-13-22(21-7-4-8-26-14-21)12-24-23-11-20(16-28(24)25)15-27(17-23)9-10-30-18-19-5-2-1-3-6-19/h1-8,12-14,20,23H,9-11,15-18H2/t20-,23+/m0/s1. The summed E-state index contributed by atoms with van der Waals surface area (Å²) in [5.74, 6) is 0.934. The molecule has 3 aromatic rings. The molecule has 2 aromatic heterocycles. The highest BCUT2D eigenvalue weighted by molar-refractivity contribution is 5.62. The lowest BCUT2D eigenvalue weighted by atomic mass is 9.82. The first-order valence-electron chi connectivity index (χ1n) is 10.8. The van der Waals surface area contributed by atoms with Crippen molar-refractivity contribution in [3.05, 3.63) is 88.6 Å². The first-order chi connectivity index (χ1) is 14.8. The Morgan fingerprint density at radius 2 is 1.90 bits per heavy atom. The highest BCUT2D eigenvalue weighted by Crippen LogP contribution is 2.36. The molecule has 2 atom stereocenters. The average molecular weight is 402 g/mol. The van der Waals surface area contributed by atoms with Crippen molar-refractivity contribution in [2.75, 3.05) is 26.2 Å². The zero-order valence-electron chi connectivity index (χ0n) is 17.1. The molecule has 0 saturated carbocycles. The predicted molar refractivity (Wildman–Crippen MR) is 117 cm³/mol. The molecule has 2 aliphatic rings. The molecule has 5 rings (SSSR count). The highest BCUT2D eigenvalue weighted by Gasteiger charge is 2.34. The van der Waals surface area contributed by atoms with Gasteiger partial charge in [0.15, 0.2) is 0 Å². The van der Waals surface area contributed by atoms with Crippen molar-refractivity contribution in [2.45, 2.75) is 25.5 Å². The largest absolute Gasteiger partial charge is 0.375 e. The van der Waals surface area contributed by atoms with Gasteiger partial charge in [-0.1, -0.05) is 36.4 Å². The summed E-state index contributed by atoms with van der Waals surface area (Å²) in [5.41, 5.74) is 4.47. The summed E-state index contributed by atoms with van der Waals surface area (Å²) in [6.07, 6.45) is 4.75. The Hall–Kier alpha value is -2.76. The molecule has 0 spiro atoms. The van der Waals surface area contributed by atoms with Gasteiger partial charge >= 0.3 is 0 Å². The normalized spacial score (nSPS) is 20.7. The molecule has 1 fully saturated rings. The number of likely N-dealkylation sites (tertiary alicyclic amines) is 1. The van der Waals surface area contributed by atoms with Crippen LogP contribution in [0.1, 0.15) is 23.6 Å². The Bertz CT molecular complexity index is 1050. The summed E-state index contributed by atoms with van der Waals surface area (Å²) in [6, 6.07) is 18.2. The van der Waals surface area contributed by atoms with Crippen LogP contribution < -0.4 is 5.56 Å². The summed E-state index contributed by atoms with van der Waals surface area (Å²) >= 11 is 0. The fourth-order valence-electron chi connectivity index (χ4n) is 4.90. The van der Waals surface area contributed by atoms with Crippen LogP contribution in [0, 0.1) is 5.92 Å². The summed E-state index contributed by atoms with van der Waals surface area (Å²) in [5, 5.41) is 0. The molecule has 5 nitrogen and oxygen atoms in total. The molecule has 0 radical (unpaired) electrons. The van der Waals surface area contributed by atoms with Crippen LogP contribution in [0.25, 0.3) is 11.1 Å². The van der Waals surface area contributed by atoms with E-state index < -0.39 is 0 Å². The Labute approximate surface area is 177 Å². The van der Waals surface area contributed by atoms with E-state index >= 15 is 0 Å². The average Bonchev–Trinajstić information content (AvgIpc) is 2.79. The lowest BCUT2D eigenvalue weighted by Crippen LogP contribution is -2.47. The molecule has 1 saturated heterocycles. The Morgan fingerprint density at radius 3 is 2.73 bits per heavy atom. The molecule has 5 heteroatoms. The molecular weight excluding hydrogens is 374 g/mol. The maximum atomic E-state index is 12.8. The van der Waals surface area contributed by atoms with Gasteiger partial charge in [-0.15, -0.1) is 0 Å². The topological polar surface area (TPSA) is 47.4 Å². The molecule has 0 aliphatic carbocycles. The lowest BCUT2D eigenvalue weighted by Gasteiger charge is -2.43. The molecule has 2 bridgehead atoms. The van der Waals surface area contributed by atoms with Gasteiger partial charge in [-0.25, -0.2) is 0 Å². The molecule has 0 N–H and O–H groups in total. The highest BCUT2D eigenvalue weighted by atomic mass is 16.5. The number of aromatic nitrogens is 2. The Morgan fingerprint density at radius 1 is 1.00 bits per heavy atom. The second-order valence-corrected chi connectivity index (χ2v) is 8.46. The van der Waals surface area contributed by atoms with E-state index in [0.717, 1.165) is 50.3 Å². The van der Waals surface area contributed by atoms with E-state index in [0.29, 0.717) is 18.4 Å². The van der Waals surface area contributed by atoms with Crippen LogP contribution in [0.3, 0.4) is 0 Å². The third-order valence-corrected chi connectivity index (χ3v) is 6.29. The molecule has 0 amide bonds. The van der Waals surface area contributed by atoms with Crippen molar-refractivity contribution < 1.29 is 4.74 Å². The van der Waals surface area contributed by atoms with Crippen LogP contribution in [0.15, 0.2) is 71.8 Å². The van der Waals surface area contributed by atoms with Crippen LogP contribution in [0.5, 0.6) is 0 Å².